The van der Waals surface area contributed by atoms with Gasteiger partial charge in [0.1, 0.15) is 6.10 Å². The van der Waals surface area contributed by atoms with Gasteiger partial charge in [-0.1, -0.05) is 63.3 Å². The molecule has 0 bridgehead atoms. The SMILES string of the molecule is C=C(C)[C@@H]1CC[C@]2(C(=O)OCCCn3cc(CCN)c4ccccc43)CC[C@]3(C)[C@H](C[C@H]4OC(=O)C[C@@H](O)[C@]5(C)[C@@H]4[C@@]3(C)CC[C@H]5C(=C)C)[C@@H]12. The first-order valence-corrected chi connectivity index (χ1v) is 19.4. The van der Waals surface area contributed by atoms with Crippen molar-refractivity contribution < 1.29 is 24.2 Å². The molecule has 0 spiro atoms. The monoisotopic (exact) mass is 684 g/mol. The molecule has 11 atom stereocenters. The quantitative estimate of drug-likeness (QED) is 0.159. The molecule has 7 heteroatoms. The molecule has 1 aliphatic heterocycles. The van der Waals surface area contributed by atoms with Crippen LogP contribution in [0.25, 0.3) is 10.9 Å². The summed E-state index contributed by atoms with van der Waals surface area (Å²) in [4.78, 5) is 27.9. The van der Waals surface area contributed by atoms with E-state index in [1.807, 2.05) is 0 Å². The van der Waals surface area contributed by atoms with Crippen molar-refractivity contribution >= 4 is 22.8 Å². The van der Waals surface area contributed by atoms with E-state index >= 15 is 0 Å². The topological polar surface area (TPSA) is 104 Å². The third-order valence-corrected chi connectivity index (χ3v) is 15.6. The number of para-hydroxylation sites is 1. The van der Waals surface area contributed by atoms with Crippen molar-refractivity contribution in [3.8, 4) is 0 Å². The summed E-state index contributed by atoms with van der Waals surface area (Å²) in [5.41, 5.74) is 9.19. The van der Waals surface area contributed by atoms with Crippen molar-refractivity contribution in [1.82, 2.24) is 4.57 Å². The van der Waals surface area contributed by atoms with Gasteiger partial charge in [-0.05, 0) is 124 Å². The van der Waals surface area contributed by atoms with Crippen molar-refractivity contribution in [1.29, 1.82) is 0 Å². The minimum Gasteiger partial charge on any atom is -0.465 e. The molecule has 272 valence electrons. The Labute approximate surface area is 299 Å². The normalized spacial score (nSPS) is 40.6. The minimum absolute atomic E-state index is 0.00687. The van der Waals surface area contributed by atoms with E-state index in [0.29, 0.717) is 19.6 Å². The number of carbonyl (C=O) groups is 2. The van der Waals surface area contributed by atoms with Crippen LogP contribution in [-0.2, 0) is 32.0 Å². The average Bonchev–Trinajstić information content (AvgIpc) is 3.61. The van der Waals surface area contributed by atoms with Crippen LogP contribution in [0, 0.1) is 51.2 Å². The van der Waals surface area contributed by atoms with Crippen LogP contribution in [0.3, 0.4) is 0 Å². The summed E-state index contributed by atoms with van der Waals surface area (Å²) in [5, 5.41) is 13.0. The molecule has 50 heavy (non-hydrogen) atoms. The van der Waals surface area contributed by atoms with Gasteiger partial charge in [0.15, 0.2) is 0 Å². The van der Waals surface area contributed by atoms with Gasteiger partial charge in [0.2, 0.25) is 0 Å². The first kappa shape index (κ1) is 35.5. The highest BCUT2D eigenvalue weighted by Gasteiger charge is 2.74. The molecule has 0 amide bonds. The highest BCUT2D eigenvalue weighted by Crippen LogP contribution is 2.77. The number of aliphatic hydroxyl groups excluding tert-OH is 1. The maximum absolute atomic E-state index is 14.6. The van der Waals surface area contributed by atoms with Crippen LogP contribution in [-0.4, -0.2) is 47.0 Å². The highest BCUT2D eigenvalue weighted by molar-refractivity contribution is 5.84. The number of nitrogens with two attached hydrogens (primary N) is 1. The number of hydrogen-bond acceptors (Lipinski definition) is 6. The zero-order valence-electron chi connectivity index (χ0n) is 31.1. The fraction of sp³-hybridized carbons (Fsp3) is 0.674. The molecule has 7 nitrogen and oxygen atoms in total. The van der Waals surface area contributed by atoms with Crippen LogP contribution in [0.4, 0.5) is 0 Å². The Balaban J connectivity index is 1.17. The summed E-state index contributed by atoms with van der Waals surface area (Å²) in [7, 11) is 0. The number of carbonyl (C=O) groups excluding carboxylic acids is 2. The molecule has 3 N–H and O–H groups in total. The molecule has 1 saturated heterocycles. The van der Waals surface area contributed by atoms with Gasteiger partial charge in [-0.3, -0.25) is 9.59 Å². The Morgan fingerprint density at radius 1 is 1.06 bits per heavy atom. The summed E-state index contributed by atoms with van der Waals surface area (Å²) in [6, 6.07) is 8.44. The highest BCUT2D eigenvalue weighted by atomic mass is 16.5. The summed E-state index contributed by atoms with van der Waals surface area (Å²) < 4.78 is 15.0. The number of fused-ring (bicyclic) bond motifs is 5. The first-order chi connectivity index (χ1) is 23.7. The summed E-state index contributed by atoms with van der Waals surface area (Å²) in [6.45, 7) is 21.9. The standard InChI is InChI=1S/C43H60N2O5/c1-26(2)29-13-17-43(39(48)49-22-10-21-45-25-28(15-20-44)30-11-8-9-12-33(30)45)19-18-40(5)32(37(29)43)23-34-38-41(40,6)16-14-31(27(3)4)42(38,7)35(46)24-36(47)50-34/h8-9,11-12,25,29,31-32,34-35,37-38,46H,1,3,10,13-24,44H2,2,4-7H3/t29-,31-,32+,34+,35+,37+,38-,40+,41+,42+,43-/m0/s1. The van der Waals surface area contributed by atoms with E-state index in [0.717, 1.165) is 69.1 Å². The molecular formula is C43H60N2O5. The van der Waals surface area contributed by atoms with Crippen molar-refractivity contribution in [3.63, 3.8) is 0 Å². The molecule has 5 fully saturated rings. The molecule has 0 radical (unpaired) electrons. The van der Waals surface area contributed by atoms with E-state index in [2.05, 4.69) is 82.8 Å². The van der Waals surface area contributed by atoms with Gasteiger partial charge in [-0.15, -0.1) is 0 Å². The number of aryl methyl sites for hydroxylation is 1. The zero-order valence-corrected chi connectivity index (χ0v) is 31.1. The van der Waals surface area contributed by atoms with Crippen molar-refractivity contribution in [2.75, 3.05) is 13.2 Å². The third-order valence-electron chi connectivity index (χ3n) is 15.6. The second-order valence-electron chi connectivity index (χ2n) is 17.8. The van der Waals surface area contributed by atoms with Gasteiger partial charge >= 0.3 is 11.9 Å². The molecule has 2 aromatic rings. The van der Waals surface area contributed by atoms with E-state index in [1.165, 1.54) is 16.5 Å². The molecule has 5 aliphatic rings. The minimum atomic E-state index is -0.782. The molecule has 1 aromatic heterocycles. The summed E-state index contributed by atoms with van der Waals surface area (Å²) in [6.07, 6.45) is 8.80. The summed E-state index contributed by atoms with van der Waals surface area (Å²) in [5.74, 6) is 0.229. The molecule has 4 aliphatic carbocycles. The van der Waals surface area contributed by atoms with Crippen LogP contribution in [0.2, 0.25) is 0 Å². The van der Waals surface area contributed by atoms with Gasteiger partial charge in [0, 0.05) is 35.0 Å². The second kappa shape index (κ2) is 12.6. The zero-order chi connectivity index (χ0) is 35.8. The third kappa shape index (κ3) is 5.03. The number of benzene rings is 1. The van der Waals surface area contributed by atoms with E-state index in [9.17, 15) is 14.7 Å². The fourth-order valence-electron chi connectivity index (χ4n) is 13.2. The number of hydrogen-bond donors (Lipinski definition) is 2. The van der Waals surface area contributed by atoms with Gasteiger partial charge in [-0.2, -0.15) is 0 Å². The van der Waals surface area contributed by atoms with Crippen LogP contribution in [0.1, 0.15) is 98.0 Å². The Bertz CT molecular complexity index is 1690. The fourth-order valence-corrected chi connectivity index (χ4v) is 13.2. The Hall–Kier alpha value is -2.90. The lowest BCUT2D eigenvalue weighted by Crippen LogP contribution is -2.69. The lowest BCUT2D eigenvalue weighted by atomic mass is 9.33. The molecule has 0 unspecified atom stereocenters. The number of rotatable bonds is 9. The predicted octanol–water partition coefficient (Wildman–Crippen LogP) is 7.78. The van der Waals surface area contributed by atoms with Crippen LogP contribution in [0.15, 0.2) is 54.8 Å². The smallest absolute Gasteiger partial charge is 0.312 e. The van der Waals surface area contributed by atoms with E-state index < -0.39 is 16.9 Å². The van der Waals surface area contributed by atoms with Crippen molar-refractivity contribution in [3.05, 3.63) is 60.3 Å². The van der Waals surface area contributed by atoms with Crippen LogP contribution < -0.4 is 5.73 Å². The number of esters is 2. The first-order valence-electron chi connectivity index (χ1n) is 19.4. The number of ether oxygens (including phenoxy) is 2. The van der Waals surface area contributed by atoms with Gasteiger partial charge < -0.3 is 24.9 Å². The van der Waals surface area contributed by atoms with E-state index in [-0.39, 0.29) is 64.9 Å². The van der Waals surface area contributed by atoms with Gasteiger partial charge in [-0.25, -0.2) is 0 Å². The summed E-state index contributed by atoms with van der Waals surface area (Å²) >= 11 is 0. The van der Waals surface area contributed by atoms with Crippen molar-refractivity contribution in [2.45, 2.75) is 118 Å². The van der Waals surface area contributed by atoms with Crippen LogP contribution in [0.5, 0.6) is 0 Å². The number of nitrogens with zero attached hydrogens (tertiary/aromatic N) is 1. The van der Waals surface area contributed by atoms with Gasteiger partial charge in [0.25, 0.3) is 0 Å². The average molecular weight is 685 g/mol. The Morgan fingerprint density at radius 3 is 2.54 bits per heavy atom. The Kier molecular flexibility index (Phi) is 8.98. The lowest BCUT2D eigenvalue weighted by molar-refractivity contribution is -0.260. The molecule has 7 rings (SSSR count). The van der Waals surface area contributed by atoms with Gasteiger partial charge in [0.05, 0.1) is 24.5 Å². The number of aliphatic hydroxyl groups is 1. The Morgan fingerprint density at radius 2 is 1.82 bits per heavy atom. The van der Waals surface area contributed by atoms with Crippen LogP contribution >= 0.6 is 0 Å². The molecular weight excluding hydrogens is 624 g/mol. The molecule has 4 saturated carbocycles. The van der Waals surface area contributed by atoms with Crippen molar-refractivity contribution in [2.24, 2.45) is 57.0 Å². The van der Waals surface area contributed by atoms with E-state index in [1.54, 1.807) is 0 Å². The second-order valence-corrected chi connectivity index (χ2v) is 17.8. The predicted molar refractivity (Wildman–Crippen MR) is 197 cm³/mol. The molecule has 1 aromatic carbocycles. The lowest BCUT2D eigenvalue weighted by Gasteiger charge is -2.71. The number of aromatic nitrogens is 1. The molecule has 2 heterocycles. The maximum atomic E-state index is 14.6. The number of allylic oxidation sites excluding steroid dienone is 2. The maximum Gasteiger partial charge on any atom is 0.312 e. The van der Waals surface area contributed by atoms with E-state index in [4.69, 9.17) is 15.2 Å². The largest absolute Gasteiger partial charge is 0.465 e.